The number of benzene rings is 1. The summed E-state index contributed by atoms with van der Waals surface area (Å²) >= 11 is 0. The van der Waals surface area contributed by atoms with E-state index in [1.807, 2.05) is 24.4 Å². The minimum Gasteiger partial charge on any atom is -0.497 e. The third-order valence-electron chi connectivity index (χ3n) is 5.80. The van der Waals surface area contributed by atoms with Gasteiger partial charge in [0.05, 0.1) is 7.11 Å². The fourth-order valence-corrected chi connectivity index (χ4v) is 4.08. The number of allylic oxidation sites excluding steroid dienone is 4. The first kappa shape index (κ1) is 22.9. The molecular formula is C26H35N3O2. The van der Waals surface area contributed by atoms with Crippen LogP contribution < -0.4 is 10.1 Å². The molecule has 1 heterocycles. The molecule has 1 aliphatic heterocycles. The van der Waals surface area contributed by atoms with Crippen molar-refractivity contribution >= 4 is 17.7 Å². The van der Waals surface area contributed by atoms with Crippen LogP contribution in [0.15, 0.2) is 53.2 Å². The number of unbranched alkanes of at least 4 members (excludes halogenated alkanes) is 3. The van der Waals surface area contributed by atoms with E-state index in [9.17, 15) is 4.79 Å². The number of amides is 1. The number of carbonyl (C=O) groups excluding carboxylic acids is 1. The molecule has 0 saturated heterocycles. The Hall–Kier alpha value is -2.82. The van der Waals surface area contributed by atoms with Crippen molar-refractivity contribution in [3.05, 3.63) is 59.3 Å². The van der Waals surface area contributed by atoms with Crippen molar-refractivity contribution in [3.63, 3.8) is 0 Å². The van der Waals surface area contributed by atoms with Crippen LogP contribution >= 0.6 is 0 Å². The molecule has 0 atom stereocenters. The van der Waals surface area contributed by atoms with Crippen LogP contribution in [0.5, 0.6) is 5.75 Å². The van der Waals surface area contributed by atoms with E-state index in [1.54, 1.807) is 13.2 Å². The van der Waals surface area contributed by atoms with E-state index in [4.69, 9.17) is 4.74 Å². The van der Waals surface area contributed by atoms with Gasteiger partial charge in [-0.3, -0.25) is 9.79 Å². The van der Waals surface area contributed by atoms with Gasteiger partial charge in [0.2, 0.25) is 5.91 Å². The molecule has 3 rings (SSSR count). The minimum absolute atomic E-state index is 0.0172. The highest BCUT2D eigenvalue weighted by Gasteiger charge is 2.20. The Morgan fingerprint density at radius 2 is 2.16 bits per heavy atom. The Balaban J connectivity index is 1.50. The fraction of sp³-hybridized carbons (Fsp3) is 0.462. The topological polar surface area (TPSA) is 53.9 Å². The lowest BCUT2D eigenvalue weighted by molar-refractivity contribution is -0.116. The van der Waals surface area contributed by atoms with Gasteiger partial charge >= 0.3 is 0 Å². The van der Waals surface area contributed by atoms with Crippen molar-refractivity contribution in [2.75, 3.05) is 26.9 Å². The standard InChI is InChI=1S/C26H35N3O2/c1-3-4-5-9-24-21(18-22-19-23(31-2)11-12-25(22)24)10-13-26(30)28-15-6-7-16-29-17-8-14-27-20-29/h8,10-14,17,19H,3-7,9,15-16,18,20H2,1-2H3,(H,28,30)/b13-10+. The predicted molar refractivity (Wildman–Crippen MR) is 128 cm³/mol. The number of ether oxygens (including phenoxy) is 1. The summed E-state index contributed by atoms with van der Waals surface area (Å²) in [6.07, 6.45) is 17.1. The normalized spacial score (nSPS) is 15.1. The van der Waals surface area contributed by atoms with Crippen LogP contribution in [-0.2, 0) is 11.2 Å². The number of nitrogens with zero attached hydrogens (tertiary/aromatic N) is 2. The summed E-state index contributed by atoms with van der Waals surface area (Å²) < 4.78 is 5.40. The third kappa shape index (κ3) is 6.84. The van der Waals surface area contributed by atoms with Crippen molar-refractivity contribution in [2.24, 2.45) is 4.99 Å². The maximum Gasteiger partial charge on any atom is 0.243 e. The number of hydrogen-bond acceptors (Lipinski definition) is 4. The Morgan fingerprint density at radius 3 is 2.94 bits per heavy atom. The fourth-order valence-electron chi connectivity index (χ4n) is 4.08. The number of aliphatic imine (C=N–C) groups is 1. The summed E-state index contributed by atoms with van der Waals surface area (Å²) in [5, 5.41) is 3.02. The molecule has 2 aliphatic rings. The zero-order chi connectivity index (χ0) is 21.9. The van der Waals surface area contributed by atoms with Crippen LogP contribution in [0.1, 0.15) is 56.6 Å². The van der Waals surface area contributed by atoms with Gasteiger partial charge in [0.1, 0.15) is 12.4 Å². The van der Waals surface area contributed by atoms with Gasteiger partial charge in [-0.1, -0.05) is 31.9 Å². The lowest BCUT2D eigenvalue weighted by Gasteiger charge is -2.19. The van der Waals surface area contributed by atoms with Crippen LogP contribution in [0.2, 0.25) is 0 Å². The number of hydrogen-bond donors (Lipinski definition) is 1. The number of methoxy groups -OCH3 is 1. The molecule has 5 heteroatoms. The molecule has 1 aromatic rings. The number of rotatable bonds is 12. The Bertz CT molecular complexity index is 867. The summed E-state index contributed by atoms with van der Waals surface area (Å²) in [4.78, 5) is 18.7. The lowest BCUT2D eigenvalue weighted by Crippen LogP contribution is -2.24. The van der Waals surface area contributed by atoms with Gasteiger partial charge in [0.15, 0.2) is 0 Å². The monoisotopic (exact) mass is 421 g/mol. The maximum absolute atomic E-state index is 12.3. The molecule has 31 heavy (non-hydrogen) atoms. The smallest absolute Gasteiger partial charge is 0.243 e. The Labute approximate surface area is 186 Å². The number of nitrogens with one attached hydrogen (secondary N) is 1. The molecule has 0 aromatic heterocycles. The average Bonchev–Trinajstić information content (AvgIpc) is 3.15. The summed E-state index contributed by atoms with van der Waals surface area (Å²) in [7, 11) is 1.70. The molecule has 1 aromatic carbocycles. The SMILES string of the molecule is CCCCCC1=C(/C=C/C(=O)NCCCCN2C=CC=NC2)Cc2cc(OC)ccc21. The summed E-state index contributed by atoms with van der Waals surface area (Å²) in [6, 6.07) is 6.32. The second kappa shape index (κ2) is 12.1. The zero-order valence-corrected chi connectivity index (χ0v) is 18.9. The Kier molecular flexibility index (Phi) is 8.95. The van der Waals surface area contributed by atoms with E-state index in [1.165, 1.54) is 41.5 Å². The van der Waals surface area contributed by atoms with Crippen LogP contribution in [0.4, 0.5) is 0 Å². The molecule has 1 amide bonds. The molecular weight excluding hydrogens is 386 g/mol. The zero-order valence-electron chi connectivity index (χ0n) is 18.9. The largest absolute Gasteiger partial charge is 0.497 e. The lowest BCUT2D eigenvalue weighted by atomic mass is 9.99. The van der Waals surface area contributed by atoms with Crippen molar-refractivity contribution in [1.29, 1.82) is 0 Å². The van der Waals surface area contributed by atoms with Crippen LogP contribution in [0, 0.1) is 0 Å². The first-order chi connectivity index (χ1) is 15.2. The quantitative estimate of drug-likeness (QED) is 0.386. The first-order valence-electron chi connectivity index (χ1n) is 11.5. The molecule has 1 N–H and O–H groups in total. The molecule has 0 unspecified atom stereocenters. The molecule has 0 saturated carbocycles. The second-order valence-corrected chi connectivity index (χ2v) is 8.12. The molecule has 1 aliphatic carbocycles. The molecule has 5 nitrogen and oxygen atoms in total. The average molecular weight is 422 g/mol. The van der Waals surface area contributed by atoms with E-state index in [2.05, 4.69) is 40.5 Å². The second-order valence-electron chi connectivity index (χ2n) is 8.12. The van der Waals surface area contributed by atoms with Gasteiger partial charge in [0.25, 0.3) is 0 Å². The first-order valence-corrected chi connectivity index (χ1v) is 11.5. The maximum atomic E-state index is 12.3. The predicted octanol–water partition coefficient (Wildman–Crippen LogP) is 4.90. The molecule has 166 valence electrons. The van der Waals surface area contributed by atoms with Crippen LogP contribution in [0.3, 0.4) is 0 Å². The van der Waals surface area contributed by atoms with Crippen LogP contribution in [-0.4, -0.2) is 43.9 Å². The molecule has 0 bridgehead atoms. The van der Waals surface area contributed by atoms with Crippen molar-refractivity contribution in [1.82, 2.24) is 10.2 Å². The number of carbonyl (C=O) groups is 1. The highest BCUT2D eigenvalue weighted by atomic mass is 16.5. The van der Waals surface area contributed by atoms with E-state index in [-0.39, 0.29) is 5.91 Å². The van der Waals surface area contributed by atoms with Gasteiger partial charge in [-0.05, 0) is 72.6 Å². The van der Waals surface area contributed by atoms with Crippen molar-refractivity contribution < 1.29 is 9.53 Å². The van der Waals surface area contributed by atoms with Crippen molar-refractivity contribution in [2.45, 2.75) is 51.9 Å². The summed E-state index contributed by atoms with van der Waals surface area (Å²) in [5.74, 6) is 0.873. The highest BCUT2D eigenvalue weighted by Crippen LogP contribution is 2.38. The van der Waals surface area contributed by atoms with Crippen molar-refractivity contribution in [3.8, 4) is 5.75 Å². The van der Waals surface area contributed by atoms with Crippen LogP contribution in [0.25, 0.3) is 5.57 Å². The van der Waals surface area contributed by atoms with Gasteiger partial charge in [-0.2, -0.15) is 0 Å². The summed E-state index contributed by atoms with van der Waals surface area (Å²) in [5.41, 5.74) is 5.24. The summed E-state index contributed by atoms with van der Waals surface area (Å²) in [6.45, 7) is 4.62. The third-order valence-corrected chi connectivity index (χ3v) is 5.80. The van der Waals surface area contributed by atoms with Gasteiger partial charge < -0.3 is 15.0 Å². The van der Waals surface area contributed by atoms with Gasteiger partial charge in [-0.15, -0.1) is 0 Å². The molecule has 0 fully saturated rings. The highest BCUT2D eigenvalue weighted by molar-refractivity contribution is 5.89. The molecule has 0 spiro atoms. The van der Waals surface area contributed by atoms with E-state index >= 15 is 0 Å². The van der Waals surface area contributed by atoms with Gasteiger partial charge in [-0.25, -0.2) is 0 Å². The van der Waals surface area contributed by atoms with E-state index < -0.39 is 0 Å². The van der Waals surface area contributed by atoms with E-state index in [0.717, 1.165) is 44.6 Å². The molecule has 0 radical (unpaired) electrons. The van der Waals surface area contributed by atoms with Gasteiger partial charge in [0, 0.05) is 31.6 Å². The number of fused-ring (bicyclic) bond motifs is 1. The minimum atomic E-state index is -0.0172. The Morgan fingerprint density at radius 1 is 1.26 bits per heavy atom. The van der Waals surface area contributed by atoms with E-state index in [0.29, 0.717) is 6.54 Å².